The molecule has 0 aliphatic carbocycles. The summed E-state index contributed by atoms with van der Waals surface area (Å²) >= 11 is 0. The average molecular weight is 186 g/mol. The maximum absolute atomic E-state index is 11.0. The molecule has 0 aliphatic rings. The quantitative estimate of drug-likeness (QED) is 0.380. The maximum atomic E-state index is 11.0. The number of esters is 2. The predicted octanol–water partition coefficient (Wildman–Crippen LogP) is 1.40. The van der Waals surface area contributed by atoms with Crippen molar-refractivity contribution in [3.63, 3.8) is 0 Å². The summed E-state index contributed by atoms with van der Waals surface area (Å²) in [7, 11) is 0. The Bertz CT molecular complexity index is 226. The summed E-state index contributed by atoms with van der Waals surface area (Å²) in [6, 6.07) is 0. The van der Waals surface area contributed by atoms with Crippen LogP contribution in [0.1, 0.15) is 27.7 Å². The highest BCUT2D eigenvalue weighted by Crippen LogP contribution is 1.97. The summed E-state index contributed by atoms with van der Waals surface area (Å²) < 4.78 is 9.30. The molecular formula is C9H14O4. The molecule has 74 valence electrons. The SMILES string of the molecule is CC(=O)OC(C)OC(=O)C=C(C)C. The molecule has 0 rings (SSSR count). The Morgan fingerprint density at radius 3 is 2.08 bits per heavy atom. The van der Waals surface area contributed by atoms with Crippen molar-refractivity contribution in [2.75, 3.05) is 0 Å². The van der Waals surface area contributed by atoms with Gasteiger partial charge in [0.15, 0.2) is 0 Å². The Morgan fingerprint density at radius 1 is 1.15 bits per heavy atom. The van der Waals surface area contributed by atoms with Crippen molar-refractivity contribution in [2.45, 2.75) is 34.0 Å². The normalized spacial score (nSPS) is 11.4. The lowest BCUT2D eigenvalue weighted by atomic mass is 10.3. The molecule has 4 nitrogen and oxygen atoms in total. The fourth-order valence-electron chi connectivity index (χ4n) is 0.691. The standard InChI is InChI=1S/C9H14O4/c1-6(2)5-9(11)13-8(4)12-7(3)10/h5,8H,1-4H3. The topological polar surface area (TPSA) is 52.6 Å². The van der Waals surface area contributed by atoms with Gasteiger partial charge in [0.2, 0.25) is 6.29 Å². The van der Waals surface area contributed by atoms with Crippen molar-refractivity contribution in [3.05, 3.63) is 11.6 Å². The van der Waals surface area contributed by atoms with Gasteiger partial charge in [-0.15, -0.1) is 0 Å². The maximum Gasteiger partial charge on any atom is 0.333 e. The summed E-state index contributed by atoms with van der Waals surface area (Å²) in [6.45, 7) is 6.29. The van der Waals surface area contributed by atoms with Gasteiger partial charge in [0.25, 0.3) is 0 Å². The Kier molecular flexibility index (Phi) is 4.80. The van der Waals surface area contributed by atoms with Gasteiger partial charge in [0.1, 0.15) is 0 Å². The number of carbonyl (C=O) groups excluding carboxylic acids is 2. The van der Waals surface area contributed by atoms with E-state index >= 15 is 0 Å². The molecule has 0 heterocycles. The Hall–Kier alpha value is -1.32. The number of hydrogen-bond donors (Lipinski definition) is 0. The van der Waals surface area contributed by atoms with Gasteiger partial charge in [-0.2, -0.15) is 0 Å². The highest BCUT2D eigenvalue weighted by atomic mass is 16.7. The van der Waals surface area contributed by atoms with E-state index in [0.717, 1.165) is 5.57 Å². The first-order valence-electron chi connectivity index (χ1n) is 3.94. The molecule has 0 aromatic carbocycles. The highest BCUT2D eigenvalue weighted by molar-refractivity contribution is 5.82. The molecule has 0 aromatic rings. The van der Waals surface area contributed by atoms with E-state index in [4.69, 9.17) is 4.74 Å². The van der Waals surface area contributed by atoms with Gasteiger partial charge in [-0.05, 0) is 13.8 Å². The van der Waals surface area contributed by atoms with E-state index in [-0.39, 0.29) is 0 Å². The zero-order chi connectivity index (χ0) is 10.4. The van der Waals surface area contributed by atoms with Crippen molar-refractivity contribution in [2.24, 2.45) is 0 Å². The van der Waals surface area contributed by atoms with Crippen LogP contribution in [0.5, 0.6) is 0 Å². The summed E-state index contributed by atoms with van der Waals surface area (Å²) in [6.07, 6.45) is 0.501. The first kappa shape index (κ1) is 11.7. The molecule has 1 atom stereocenters. The third-order valence-corrected chi connectivity index (χ3v) is 1.02. The molecule has 4 heteroatoms. The second-order valence-electron chi connectivity index (χ2n) is 2.84. The van der Waals surface area contributed by atoms with Crippen LogP contribution in [0.4, 0.5) is 0 Å². The van der Waals surface area contributed by atoms with Crippen molar-refractivity contribution in [1.29, 1.82) is 0 Å². The Balaban J connectivity index is 3.92. The minimum absolute atomic E-state index is 0.475. The molecule has 0 bridgehead atoms. The molecule has 0 saturated heterocycles. The molecule has 0 fully saturated rings. The molecule has 0 N–H and O–H groups in total. The number of rotatable bonds is 3. The minimum atomic E-state index is -0.833. The second-order valence-corrected chi connectivity index (χ2v) is 2.84. The fraction of sp³-hybridized carbons (Fsp3) is 0.556. The average Bonchev–Trinajstić information content (AvgIpc) is 1.80. The van der Waals surface area contributed by atoms with Crippen LogP contribution >= 0.6 is 0 Å². The molecule has 13 heavy (non-hydrogen) atoms. The third-order valence-electron chi connectivity index (χ3n) is 1.02. The largest absolute Gasteiger partial charge is 0.426 e. The van der Waals surface area contributed by atoms with E-state index in [1.165, 1.54) is 19.9 Å². The van der Waals surface area contributed by atoms with E-state index in [9.17, 15) is 9.59 Å². The molecule has 0 amide bonds. The van der Waals surface area contributed by atoms with Crippen LogP contribution in [0, 0.1) is 0 Å². The van der Waals surface area contributed by atoms with Gasteiger partial charge in [-0.1, -0.05) is 5.57 Å². The first-order valence-corrected chi connectivity index (χ1v) is 3.94. The number of hydrogen-bond acceptors (Lipinski definition) is 4. The van der Waals surface area contributed by atoms with Crippen LogP contribution in [0.15, 0.2) is 11.6 Å². The fourth-order valence-corrected chi connectivity index (χ4v) is 0.691. The van der Waals surface area contributed by atoms with E-state index in [2.05, 4.69) is 4.74 Å². The van der Waals surface area contributed by atoms with E-state index < -0.39 is 18.2 Å². The van der Waals surface area contributed by atoms with Gasteiger partial charge >= 0.3 is 11.9 Å². The van der Waals surface area contributed by atoms with Crippen molar-refractivity contribution >= 4 is 11.9 Å². The highest BCUT2D eigenvalue weighted by Gasteiger charge is 2.08. The zero-order valence-electron chi connectivity index (χ0n) is 8.29. The number of ether oxygens (including phenoxy) is 2. The van der Waals surface area contributed by atoms with Gasteiger partial charge in [0, 0.05) is 19.9 Å². The molecule has 1 unspecified atom stereocenters. The predicted molar refractivity (Wildman–Crippen MR) is 46.8 cm³/mol. The molecule has 0 saturated carbocycles. The molecule has 0 spiro atoms. The van der Waals surface area contributed by atoms with Gasteiger partial charge in [-0.25, -0.2) is 4.79 Å². The Morgan fingerprint density at radius 2 is 1.69 bits per heavy atom. The lowest BCUT2D eigenvalue weighted by Gasteiger charge is -2.10. The summed E-state index contributed by atoms with van der Waals surface area (Å²) in [5, 5.41) is 0. The lowest BCUT2D eigenvalue weighted by Crippen LogP contribution is -2.19. The summed E-state index contributed by atoms with van der Waals surface area (Å²) in [5.41, 5.74) is 0.833. The van der Waals surface area contributed by atoms with Gasteiger partial charge in [-0.3, -0.25) is 4.79 Å². The molecule has 0 aliphatic heterocycles. The number of carbonyl (C=O) groups is 2. The number of allylic oxidation sites excluding steroid dienone is 1. The van der Waals surface area contributed by atoms with Crippen molar-refractivity contribution < 1.29 is 19.1 Å². The van der Waals surface area contributed by atoms with Crippen LogP contribution in [0.2, 0.25) is 0 Å². The molecular weight excluding hydrogens is 172 g/mol. The summed E-state index contributed by atoms with van der Waals surface area (Å²) in [5.74, 6) is -0.980. The minimum Gasteiger partial charge on any atom is -0.426 e. The third kappa shape index (κ3) is 7.05. The summed E-state index contributed by atoms with van der Waals surface area (Å²) in [4.78, 5) is 21.4. The van der Waals surface area contributed by atoms with Crippen LogP contribution in [0.25, 0.3) is 0 Å². The van der Waals surface area contributed by atoms with E-state index in [1.54, 1.807) is 13.8 Å². The second kappa shape index (κ2) is 5.35. The smallest absolute Gasteiger partial charge is 0.333 e. The van der Waals surface area contributed by atoms with E-state index in [1.807, 2.05) is 0 Å². The van der Waals surface area contributed by atoms with Crippen molar-refractivity contribution in [3.8, 4) is 0 Å². The Labute approximate surface area is 77.5 Å². The van der Waals surface area contributed by atoms with Crippen molar-refractivity contribution in [1.82, 2.24) is 0 Å². The van der Waals surface area contributed by atoms with Gasteiger partial charge in [0.05, 0.1) is 0 Å². The van der Waals surface area contributed by atoms with Crippen LogP contribution in [0.3, 0.4) is 0 Å². The first-order chi connectivity index (χ1) is 5.91. The lowest BCUT2D eigenvalue weighted by molar-refractivity contribution is -0.179. The van der Waals surface area contributed by atoms with Crippen LogP contribution in [-0.4, -0.2) is 18.2 Å². The molecule has 0 aromatic heterocycles. The van der Waals surface area contributed by atoms with Crippen LogP contribution in [-0.2, 0) is 19.1 Å². The zero-order valence-corrected chi connectivity index (χ0v) is 8.29. The monoisotopic (exact) mass is 186 g/mol. The van der Waals surface area contributed by atoms with Crippen LogP contribution < -0.4 is 0 Å². The van der Waals surface area contributed by atoms with Gasteiger partial charge < -0.3 is 9.47 Å². The van der Waals surface area contributed by atoms with E-state index in [0.29, 0.717) is 0 Å². The molecule has 0 radical (unpaired) electrons.